The summed E-state index contributed by atoms with van der Waals surface area (Å²) < 4.78 is 72.7. The normalized spacial score (nSPS) is 26.8. The van der Waals surface area contributed by atoms with Crippen molar-refractivity contribution >= 4 is 35.9 Å². The average molecular weight is 922 g/mol. The van der Waals surface area contributed by atoms with Crippen molar-refractivity contribution in [3.05, 3.63) is 108 Å². The molecule has 356 valence electrons. The van der Waals surface area contributed by atoms with Gasteiger partial charge in [0.15, 0.2) is 18.5 Å². The number of ether oxygens (including phenoxy) is 12. The SMILES string of the molecule is COC(=O)[C@@]1(OCC2OC(OC)C(OCc3ccccc3)C(OCc3ccccc3)C2OCc2ccccc2)C[C@H]2OC(=O)N(C(C)=O)[C@H]2C([C@H](OC(C)=O)[C@@H](COC(C)=O)OC(C)=O)O1. The molecule has 0 saturated carbocycles. The molecule has 0 spiro atoms. The van der Waals surface area contributed by atoms with E-state index in [1.54, 1.807) is 0 Å². The monoisotopic (exact) mass is 921 g/mol. The molecule has 3 fully saturated rings. The second kappa shape index (κ2) is 23.1. The Morgan fingerprint density at radius 1 is 0.712 bits per heavy atom. The number of hydrogen-bond acceptors (Lipinski definition) is 18. The Balaban J connectivity index is 1.40. The van der Waals surface area contributed by atoms with E-state index in [0.29, 0.717) is 0 Å². The summed E-state index contributed by atoms with van der Waals surface area (Å²) in [6.07, 6.45) is -13.2. The summed E-state index contributed by atoms with van der Waals surface area (Å²) >= 11 is 0. The van der Waals surface area contributed by atoms with Crippen molar-refractivity contribution in [3.8, 4) is 0 Å². The van der Waals surface area contributed by atoms with Gasteiger partial charge in [-0.25, -0.2) is 14.5 Å². The summed E-state index contributed by atoms with van der Waals surface area (Å²) in [6.45, 7) is 3.47. The van der Waals surface area contributed by atoms with Gasteiger partial charge >= 0.3 is 30.0 Å². The third kappa shape index (κ3) is 12.3. The van der Waals surface area contributed by atoms with Crippen molar-refractivity contribution in [3.63, 3.8) is 0 Å². The largest absolute Gasteiger partial charge is 0.465 e. The molecule has 3 saturated heterocycles. The molecule has 0 bridgehead atoms. The highest BCUT2D eigenvalue weighted by Crippen LogP contribution is 2.43. The summed E-state index contributed by atoms with van der Waals surface area (Å²) in [4.78, 5) is 78.6. The molecule has 3 aliphatic heterocycles. The zero-order chi connectivity index (χ0) is 47.4. The van der Waals surface area contributed by atoms with Crippen molar-refractivity contribution in [1.82, 2.24) is 4.90 Å². The van der Waals surface area contributed by atoms with Crippen LogP contribution >= 0.6 is 0 Å². The molecule has 2 amide bonds. The van der Waals surface area contributed by atoms with E-state index in [-0.39, 0.29) is 19.8 Å². The number of carbonyl (C=O) groups excluding carboxylic acids is 6. The predicted molar refractivity (Wildman–Crippen MR) is 225 cm³/mol. The van der Waals surface area contributed by atoms with Gasteiger partial charge in [0.2, 0.25) is 5.91 Å². The first-order chi connectivity index (χ1) is 31.7. The van der Waals surface area contributed by atoms with Crippen LogP contribution in [0.4, 0.5) is 4.79 Å². The van der Waals surface area contributed by atoms with Crippen molar-refractivity contribution in [2.24, 2.45) is 0 Å². The van der Waals surface area contributed by atoms with Gasteiger partial charge in [-0.3, -0.25) is 19.2 Å². The lowest BCUT2D eigenvalue weighted by molar-refractivity contribution is -0.347. The molecule has 3 aromatic rings. The van der Waals surface area contributed by atoms with Crippen LogP contribution in [-0.2, 0) is 101 Å². The van der Waals surface area contributed by atoms with Crippen molar-refractivity contribution in [1.29, 1.82) is 0 Å². The van der Waals surface area contributed by atoms with E-state index in [0.717, 1.165) is 56.4 Å². The zero-order valence-corrected chi connectivity index (χ0v) is 37.5. The highest BCUT2D eigenvalue weighted by Gasteiger charge is 2.65. The van der Waals surface area contributed by atoms with E-state index >= 15 is 0 Å². The van der Waals surface area contributed by atoms with Crippen LogP contribution in [0.2, 0.25) is 0 Å². The lowest BCUT2D eigenvalue weighted by Crippen LogP contribution is -2.68. The number of fused-ring (bicyclic) bond motifs is 1. The lowest BCUT2D eigenvalue weighted by atomic mass is 9.88. The quantitative estimate of drug-likeness (QED) is 0.116. The molecule has 3 aromatic carbocycles. The molecule has 6 rings (SSSR count). The van der Waals surface area contributed by atoms with Crippen molar-refractivity contribution < 1.29 is 85.6 Å². The van der Waals surface area contributed by atoms with Gasteiger partial charge in [-0.1, -0.05) is 91.0 Å². The molecule has 19 nitrogen and oxygen atoms in total. The molecule has 11 atom stereocenters. The number of rotatable bonds is 20. The molecule has 3 heterocycles. The van der Waals surface area contributed by atoms with Crippen LogP contribution in [0.5, 0.6) is 0 Å². The van der Waals surface area contributed by atoms with E-state index in [9.17, 15) is 28.8 Å². The maximum Gasteiger partial charge on any atom is 0.417 e. The van der Waals surface area contributed by atoms with Gasteiger partial charge in [-0.2, -0.15) is 0 Å². The van der Waals surface area contributed by atoms with E-state index < -0.39 is 122 Å². The number of hydrogen-bond donors (Lipinski definition) is 0. The standard InChI is InChI=1S/C47H55NO18/c1-28(49)48-38-35(65-46(48)54)22-47(45(53)56-6,66-41(38)40(63-31(4)52)36(62-30(3)51)26-57-29(2)50)61-27-37-39(58-23-32-16-10-7-11-17-32)42(59-24-33-18-12-8-13-19-33)43(44(55-5)64-37)60-25-34-20-14-9-15-21-34/h7-21,35-44H,22-27H2,1-6H3/t35-,36-,37?,38-,39?,40-,41?,42?,43?,44?,47-/m1/s1. The summed E-state index contributed by atoms with van der Waals surface area (Å²) in [7, 11) is 2.50. The van der Waals surface area contributed by atoms with E-state index in [4.69, 9.17) is 56.8 Å². The van der Waals surface area contributed by atoms with Gasteiger partial charge in [0.1, 0.15) is 49.3 Å². The zero-order valence-electron chi connectivity index (χ0n) is 37.5. The Hall–Kier alpha value is -5.80. The first kappa shape index (κ1) is 49.6. The number of amides is 2. The maximum atomic E-state index is 14.2. The summed E-state index contributed by atoms with van der Waals surface area (Å²) in [5, 5.41) is 0. The van der Waals surface area contributed by atoms with E-state index in [1.165, 1.54) is 7.11 Å². The smallest absolute Gasteiger partial charge is 0.417 e. The van der Waals surface area contributed by atoms with Crippen LogP contribution in [0.3, 0.4) is 0 Å². The first-order valence-electron chi connectivity index (χ1n) is 21.3. The van der Waals surface area contributed by atoms with Gasteiger partial charge in [0.05, 0.1) is 40.0 Å². The summed E-state index contributed by atoms with van der Waals surface area (Å²) in [6, 6.07) is 26.9. The van der Waals surface area contributed by atoms with Crippen molar-refractivity contribution in [2.45, 2.75) is 121 Å². The van der Waals surface area contributed by atoms with Gasteiger partial charge < -0.3 is 56.8 Å². The summed E-state index contributed by atoms with van der Waals surface area (Å²) in [5.41, 5.74) is 2.54. The molecule has 66 heavy (non-hydrogen) atoms. The Labute approximate surface area is 381 Å². The molecule has 0 aromatic heterocycles. The molecular formula is C47H55NO18. The number of esters is 4. The van der Waals surface area contributed by atoms with Gasteiger partial charge in [0.25, 0.3) is 5.79 Å². The number of carbonyl (C=O) groups is 6. The van der Waals surface area contributed by atoms with Crippen LogP contribution in [0.15, 0.2) is 91.0 Å². The second-order valence-corrected chi connectivity index (χ2v) is 15.7. The fraction of sp³-hybridized carbons (Fsp3) is 0.489. The average Bonchev–Trinajstić information content (AvgIpc) is 3.65. The van der Waals surface area contributed by atoms with Gasteiger partial charge in [-0.05, 0) is 16.7 Å². The molecule has 3 aliphatic rings. The summed E-state index contributed by atoms with van der Waals surface area (Å²) in [5.74, 6) is -7.02. The number of nitrogens with zero attached hydrogens (tertiary/aromatic N) is 1. The minimum Gasteiger partial charge on any atom is -0.465 e. The molecule has 19 heteroatoms. The predicted octanol–water partition coefficient (Wildman–Crippen LogP) is 3.95. The van der Waals surface area contributed by atoms with Crippen LogP contribution in [0.25, 0.3) is 0 Å². The minimum absolute atomic E-state index is 0.0743. The lowest BCUT2D eigenvalue weighted by Gasteiger charge is -2.48. The molecular weight excluding hydrogens is 867 g/mol. The van der Waals surface area contributed by atoms with Crippen molar-refractivity contribution in [2.75, 3.05) is 27.4 Å². The Morgan fingerprint density at radius 2 is 1.24 bits per heavy atom. The fourth-order valence-electron chi connectivity index (χ4n) is 8.15. The first-order valence-corrected chi connectivity index (χ1v) is 21.3. The van der Waals surface area contributed by atoms with Crippen LogP contribution in [0.1, 0.15) is 50.8 Å². The van der Waals surface area contributed by atoms with E-state index in [1.807, 2.05) is 91.0 Å². The Bertz CT molecular complexity index is 2110. The number of benzene rings is 3. The Morgan fingerprint density at radius 3 is 1.73 bits per heavy atom. The maximum absolute atomic E-state index is 14.2. The third-order valence-electron chi connectivity index (χ3n) is 11.0. The van der Waals surface area contributed by atoms with Crippen LogP contribution in [0, 0.1) is 0 Å². The third-order valence-corrected chi connectivity index (χ3v) is 11.0. The van der Waals surface area contributed by atoms with Gasteiger partial charge in [-0.15, -0.1) is 0 Å². The Kier molecular flexibility index (Phi) is 17.4. The van der Waals surface area contributed by atoms with E-state index in [2.05, 4.69) is 0 Å². The molecule has 0 aliphatic carbocycles. The van der Waals surface area contributed by atoms with Crippen LogP contribution in [-0.4, -0.2) is 135 Å². The number of methoxy groups -OCH3 is 2. The highest BCUT2D eigenvalue weighted by molar-refractivity contribution is 5.93. The molecule has 6 unspecified atom stereocenters. The highest BCUT2D eigenvalue weighted by atomic mass is 16.8. The molecule has 0 N–H and O–H groups in total. The molecule has 0 radical (unpaired) electrons. The number of imide groups is 1. The second-order valence-electron chi connectivity index (χ2n) is 15.7. The van der Waals surface area contributed by atoms with Crippen LogP contribution < -0.4 is 0 Å². The topological polar surface area (TPSA) is 216 Å². The fourth-order valence-corrected chi connectivity index (χ4v) is 8.15. The minimum atomic E-state index is -2.51. The van der Waals surface area contributed by atoms with Gasteiger partial charge in [0, 0.05) is 34.8 Å².